The maximum atomic E-state index is 11.1. The van der Waals surface area contributed by atoms with Gasteiger partial charge in [0.2, 0.25) is 0 Å². The zero-order valence-electron chi connectivity index (χ0n) is 9.91. The molecule has 0 radical (unpaired) electrons. The van der Waals surface area contributed by atoms with Crippen molar-refractivity contribution in [2.75, 3.05) is 19.6 Å². The zero-order chi connectivity index (χ0) is 11.4. The standard InChI is InChI=1S/C14H19NO/c1-12(16)14-6-4-13(5-7-14)8-11-15-9-2-3-10-15/h4-7H,2-3,8-11H2,1H3. The van der Waals surface area contributed by atoms with Crippen LogP contribution in [0.25, 0.3) is 0 Å². The summed E-state index contributed by atoms with van der Waals surface area (Å²) in [6.07, 6.45) is 3.80. The summed E-state index contributed by atoms with van der Waals surface area (Å²) in [6.45, 7) is 5.27. The number of carbonyl (C=O) groups excluding carboxylic acids is 1. The van der Waals surface area contributed by atoms with Crippen molar-refractivity contribution in [3.05, 3.63) is 35.4 Å². The summed E-state index contributed by atoms with van der Waals surface area (Å²) in [7, 11) is 0. The van der Waals surface area contributed by atoms with Crippen molar-refractivity contribution in [1.29, 1.82) is 0 Å². The highest BCUT2D eigenvalue weighted by Gasteiger charge is 2.10. The second-order valence-electron chi connectivity index (χ2n) is 4.55. The van der Waals surface area contributed by atoms with Gasteiger partial charge in [-0.3, -0.25) is 4.79 Å². The minimum atomic E-state index is 0.145. The van der Waals surface area contributed by atoms with E-state index in [2.05, 4.69) is 17.0 Å². The molecule has 0 aliphatic carbocycles. The van der Waals surface area contributed by atoms with Crippen molar-refractivity contribution in [2.24, 2.45) is 0 Å². The number of carbonyl (C=O) groups is 1. The summed E-state index contributed by atoms with van der Waals surface area (Å²) in [6, 6.07) is 8.02. The fraction of sp³-hybridized carbons (Fsp3) is 0.500. The Kier molecular flexibility index (Phi) is 3.73. The van der Waals surface area contributed by atoms with Gasteiger partial charge < -0.3 is 4.90 Å². The van der Waals surface area contributed by atoms with Gasteiger partial charge in [0.05, 0.1) is 0 Å². The molecule has 0 aromatic heterocycles. The van der Waals surface area contributed by atoms with Crippen LogP contribution in [-0.2, 0) is 6.42 Å². The Bertz CT molecular complexity index is 350. The number of nitrogens with zero attached hydrogens (tertiary/aromatic N) is 1. The van der Waals surface area contributed by atoms with E-state index in [-0.39, 0.29) is 5.78 Å². The van der Waals surface area contributed by atoms with Crippen LogP contribution in [-0.4, -0.2) is 30.3 Å². The SMILES string of the molecule is CC(=O)c1ccc(CCN2CCCC2)cc1. The lowest BCUT2D eigenvalue weighted by Gasteiger charge is -2.14. The van der Waals surface area contributed by atoms with E-state index in [1.807, 2.05) is 12.1 Å². The molecule has 1 aromatic rings. The molecule has 86 valence electrons. The van der Waals surface area contributed by atoms with Crippen molar-refractivity contribution in [3.63, 3.8) is 0 Å². The minimum Gasteiger partial charge on any atom is -0.303 e. The number of Topliss-reactive ketones (excluding diaryl/α,β-unsaturated/α-hetero) is 1. The van der Waals surface area contributed by atoms with E-state index in [0.29, 0.717) is 0 Å². The maximum Gasteiger partial charge on any atom is 0.159 e. The number of rotatable bonds is 4. The van der Waals surface area contributed by atoms with Crippen molar-refractivity contribution < 1.29 is 4.79 Å². The predicted octanol–water partition coefficient (Wildman–Crippen LogP) is 2.53. The van der Waals surface area contributed by atoms with Crippen LogP contribution in [0.3, 0.4) is 0 Å². The minimum absolute atomic E-state index is 0.145. The molecule has 0 bridgehead atoms. The molecule has 1 heterocycles. The van der Waals surface area contributed by atoms with E-state index in [1.165, 1.54) is 31.5 Å². The molecule has 1 saturated heterocycles. The van der Waals surface area contributed by atoms with E-state index in [1.54, 1.807) is 6.92 Å². The van der Waals surface area contributed by atoms with Gasteiger partial charge in [-0.25, -0.2) is 0 Å². The molecular weight excluding hydrogens is 198 g/mol. The molecular formula is C14H19NO. The van der Waals surface area contributed by atoms with Gasteiger partial charge in [0, 0.05) is 12.1 Å². The van der Waals surface area contributed by atoms with E-state index in [4.69, 9.17) is 0 Å². The van der Waals surface area contributed by atoms with Gasteiger partial charge in [0.15, 0.2) is 5.78 Å². The fourth-order valence-electron chi connectivity index (χ4n) is 2.20. The van der Waals surface area contributed by atoms with Gasteiger partial charge >= 0.3 is 0 Å². The Morgan fingerprint density at radius 1 is 1.19 bits per heavy atom. The van der Waals surface area contributed by atoms with Gasteiger partial charge in [-0.1, -0.05) is 24.3 Å². The van der Waals surface area contributed by atoms with Crippen LogP contribution in [0.2, 0.25) is 0 Å². The molecule has 16 heavy (non-hydrogen) atoms. The van der Waals surface area contributed by atoms with Crippen molar-refractivity contribution in [1.82, 2.24) is 4.90 Å². The number of hydrogen-bond donors (Lipinski definition) is 0. The molecule has 2 nitrogen and oxygen atoms in total. The van der Waals surface area contributed by atoms with Crippen molar-refractivity contribution in [3.8, 4) is 0 Å². The average molecular weight is 217 g/mol. The fourth-order valence-corrected chi connectivity index (χ4v) is 2.20. The topological polar surface area (TPSA) is 20.3 Å². The molecule has 2 heteroatoms. The Morgan fingerprint density at radius 2 is 1.81 bits per heavy atom. The summed E-state index contributed by atoms with van der Waals surface area (Å²) in [5.74, 6) is 0.145. The summed E-state index contributed by atoms with van der Waals surface area (Å²) < 4.78 is 0. The molecule has 0 unspecified atom stereocenters. The van der Waals surface area contributed by atoms with Crippen LogP contribution in [0.5, 0.6) is 0 Å². The number of benzene rings is 1. The van der Waals surface area contributed by atoms with Gasteiger partial charge in [-0.15, -0.1) is 0 Å². The molecule has 0 atom stereocenters. The first-order valence-corrected chi connectivity index (χ1v) is 6.08. The lowest BCUT2D eigenvalue weighted by molar-refractivity contribution is 0.101. The van der Waals surface area contributed by atoms with Crippen LogP contribution in [0.15, 0.2) is 24.3 Å². The highest BCUT2D eigenvalue weighted by Crippen LogP contribution is 2.10. The molecule has 0 N–H and O–H groups in total. The highest BCUT2D eigenvalue weighted by molar-refractivity contribution is 5.93. The lowest BCUT2D eigenvalue weighted by Crippen LogP contribution is -2.21. The van der Waals surface area contributed by atoms with Gasteiger partial charge in [-0.2, -0.15) is 0 Å². The van der Waals surface area contributed by atoms with E-state index < -0.39 is 0 Å². The van der Waals surface area contributed by atoms with Gasteiger partial charge in [0.1, 0.15) is 0 Å². The third kappa shape index (κ3) is 2.92. The lowest BCUT2D eigenvalue weighted by atomic mass is 10.1. The van der Waals surface area contributed by atoms with Crippen LogP contribution < -0.4 is 0 Å². The number of ketones is 1. The molecule has 0 saturated carbocycles. The Morgan fingerprint density at radius 3 is 2.38 bits per heavy atom. The first kappa shape index (κ1) is 11.3. The maximum absolute atomic E-state index is 11.1. The Hall–Kier alpha value is -1.15. The van der Waals surface area contributed by atoms with Crippen LogP contribution in [0, 0.1) is 0 Å². The highest BCUT2D eigenvalue weighted by atomic mass is 16.1. The smallest absolute Gasteiger partial charge is 0.159 e. The average Bonchev–Trinajstić information content (AvgIpc) is 2.80. The summed E-state index contributed by atoms with van der Waals surface area (Å²) in [5.41, 5.74) is 2.14. The van der Waals surface area contributed by atoms with Gasteiger partial charge in [-0.05, 0) is 44.8 Å². The summed E-state index contributed by atoms with van der Waals surface area (Å²) in [5, 5.41) is 0. The van der Waals surface area contributed by atoms with Gasteiger partial charge in [0.25, 0.3) is 0 Å². The quantitative estimate of drug-likeness (QED) is 0.722. The van der Waals surface area contributed by atoms with E-state index in [0.717, 1.165) is 18.5 Å². The first-order valence-electron chi connectivity index (χ1n) is 6.08. The first-order chi connectivity index (χ1) is 7.75. The second-order valence-corrected chi connectivity index (χ2v) is 4.55. The van der Waals surface area contributed by atoms with E-state index in [9.17, 15) is 4.79 Å². The van der Waals surface area contributed by atoms with Crippen molar-refractivity contribution >= 4 is 5.78 Å². The predicted molar refractivity (Wildman–Crippen MR) is 65.8 cm³/mol. The molecule has 2 rings (SSSR count). The molecule has 0 amide bonds. The monoisotopic (exact) mass is 217 g/mol. The second kappa shape index (κ2) is 5.26. The summed E-state index contributed by atoms with van der Waals surface area (Å²) in [4.78, 5) is 13.6. The third-order valence-electron chi connectivity index (χ3n) is 3.28. The largest absolute Gasteiger partial charge is 0.303 e. The zero-order valence-corrected chi connectivity index (χ0v) is 9.91. The van der Waals surface area contributed by atoms with Crippen LogP contribution >= 0.6 is 0 Å². The van der Waals surface area contributed by atoms with Crippen LogP contribution in [0.4, 0.5) is 0 Å². The molecule has 1 aliphatic rings. The molecule has 1 fully saturated rings. The molecule has 1 aliphatic heterocycles. The number of likely N-dealkylation sites (tertiary alicyclic amines) is 1. The Balaban J connectivity index is 1.87. The van der Waals surface area contributed by atoms with Crippen LogP contribution in [0.1, 0.15) is 35.7 Å². The van der Waals surface area contributed by atoms with E-state index >= 15 is 0 Å². The number of hydrogen-bond acceptors (Lipinski definition) is 2. The third-order valence-corrected chi connectivity index (χ3v) is 3.28. The Labute approximate surface area is 97.3 Å². The van der Waals surface area contributed by atoms with Crippen molar-refractivity contribution in [2.45, 2.75) is 26.2 Å². The summed E-state index contributed by atoms with van der Waals surface area (Å²) >= 11 is 0. The normalized spacial score (nSPS) is 16.6. The molecule has 1 aromatic carbocycles. The molecule has 0 spiro atoms.